The predicted octanol–water partition coefficient (Wildman–Crippen LogP) is 4.03. The van der Waals surface area contributed by atoms with Crippen LogP contribution in [0.2, 0.25) is 5.15 Å². The first-order valence-corrected chi connectivity index (χ1v) is 7.62. The van der Waals surface area contributed by atoms with Crippen molar-refractivity contribution in [3.05, 3.63) is 64.4 Å². The Morgan fingerprint density at radius 2 is 1.87 bits per heavy atom. The molecule has 2 aromatic rings. The Hall–Kier alpha value is -2.38. The molecule has 118 valence electrons. The Bertz CT molecular complexity index is 742. The third kappa shape index (κ3) is 4.30. The van der Waals surface area contributed by atoms with Crippen molar-refractivity contribution < 1.29 is 4.79 Å². The average Bonchev–Trinajstić information content (AvgIpc) is 2.51. The van der Waals surface area contributed by atoms with E-state index in [0.717, 1.165) is 5.56 Å². The molecule has 2 rings (SSSR count). The maximum absolute atomic E-state index is 12.2. The van der Waals surface area contributed by atoms with Crippen molar-refractivity contribution in [2.75, 3.05) is 0 Å². The van der Waals surface area contributed by atoms with E-state index in [-0.39, 0.29) is 16.3 Å². The summed E-state index contributed by atoms with van der Waals surface area (Å²) < 4.78 is 0. The number of nitrogens with zero attached hydrogens (tertiary/aromatic N) is 2. The largest absolute Gasteiger partial charge is 0.331 e. The van der Waals surface area contributed by atoms with Crippen LogP contribution in [0.25, 0.3) is 0 Å². The summed E-state index contributed by atoms with van der Waals surface area (Å²) in [6.07, 6.45) is 0. The number of hydrogen-bond acceptors (Lipinski definition) is 3. The SMILES string of the molecule is CC(C)(C)c1ccc(C(C#N)NC(=O)c2cccc(Cl)n2)cc1. The van der Waals surface area contributed by atoms with Gasteiger partial charge < -0.3 is 5.32 Å². The van der Waals surface area contributed by atoms with E-state index in [1.807, 2.05) is 24.3 Å². The second-order valence-electron chi connectivity index (χ2n) is 6.25. The number of pyridine rings is 1. The first-order valence-electron chi connectivity index (χ1n) is 7.25. The van der Waals surface area contributed by atoms with Crippen LogP contribution in [0, 0.1) is 11.3 Å². The molecule has 0 saturated carbocycles. The standard InChI is InChI=1S/C18H18ClN3O/c1-18(2,3)13-9-7-12(8-10-13)15(11-20)22-17(23)14-5-4-6-16(19)21-14/h4-10,15H,1-3H3,(H,22,23). The molecule has 1 heterocycles. The van der Waals surface area contributed by atoms with Crippen molar-refractivity contribution in [2.24, 2.45) is 0 Å². The zero-order valence-electron chi connectivity index (χ0n) is 13.3. The molecule has 0 aliphatic rings. The quantitative estimate of drug-likeness (QED) is 0.865. The highest BCUT2D eigenvalue weighted by Crippen LogP contribution is 2.24. The van der Waals surface area contributed by atoms with Crippen LogP contribution in [-0.2, 0) is 5.41 Å². The highest BCUT2D eigenvalue weighted by molar-refractivity contribution is 6.29. The minimum atomic E-state index is -0.739. The molecule has 0 fully saturated rings. The fourth-order valence-electron chi connectivity index (χ4n) is 2.11. The van der Waals surface area contributed by atoms with Gasteiger partial charge in [-0.25, -0.2) is 4.98 Å². The van der Waals surface area contributed by atoms with Crippen molar-refractivity contribution in [2.45, 2.75) is 32.2 Å². The molecule has 0 aliphatic carbocycles. The maximum atomic E-state index is 12.2. The number of nitrogens with one attached hydrogen (secondary N) is 1. The van der Waals surface area contributed by atoms with E-state index >= 15 is 0 Å². The Morgan fingerprint density at radius 1 is 1.22 bits per heavy atom. The molecule has 4 nitrogen and oxygen atoms in total. The first-order chi connectivity index (χ1) is 10.8. The minimum absolute atomic E-state index is 0.0363. The molecule has 0 saturated heterocycles. The summed E-state index contributed by atoms with van der Waals surface area (Å²) in [5, 5.41) is 12.2. The Morgan fingerprint density at radius 3 is 2.39 bits per heavy atom. The van der Waals surface area contributed by atoms with Crippen LogP contribution in [0.5, 0.6) is 0 Å². The number of amides is 1. The van der Waals surface area contributed by atoms with Gasteiger partial charge in [0.2, 0.25) is 0 Å². The molecule has 1 N–H and O–H groups in total. The van der Waals surface area contributed by atoms with Gasteiger partial charge in [0, 0.05) is 0 Å². The zero-order chi connectivity index (χ0) is 17.0. The van der Waals surface area contributed by atoms with Crippen molar-refractivity contribution in [3.8, 4) is 6.07 Å². The van der Waals surface area contributed by atoms with E-state index in [1.54, 1.807) is 18.2 Å². The van der Waals surface area contributed by atoms with Crippen molar-refractivity contribution in [1.29, 1.82) is 5.26 Å². The van der Waals surface area contributed by atoms with Gasteiger partial charge in [-0.3, -0.25) is 4.79 Å². The molecule has 1 aromatic carbocycles. The molecule has 1 atom stereocenters. The molecule has 1 unspecified atom stereocenters. The second-order valence-corrected chi connectivity index (χ2v) is 6.64. The van der Waals surface area contributed by atoms with Gasteiger partial charge in [0.1, 0.15) is 16.9 Å². The van der Waals surface area contributed by atoms with Crippen molar-refractivity contribution in [1.82, 2.24) is 10.3 Å². The van der Waals surface area contributed by atoms with Gasteiger partial charge >= 0.3 is 0 Å². The Balaban J connectivity index is 2.17. The maximum Gasteiger partial charge on any atom is 0.271 e. The lowest BCUT2D eigenvalue weighted by atomic mass is 9.86. The van der Waals surface area contributed by atoms with E-state index in [9.17, 15) is 10.1 Å². The molecule has 0 spiro atoms. The number of halogens is 1. The fraction of sp³-hybridized carbons (Fsp3) is 0.278. The molecule has 23 heavy (non-hydrogen) atoms. The summed E-state index contributed by atoms with van der Waals surface area (Å²) in [4.78, 5) is 16.1. The van der Waals surface area contributed by atoms with Crippen LogP contribution in [0.15, 0.2) is 42.5 Å². The summed E-state index contributed by atoms with van der Waals surface area (Å²) in [5.41, 5.74) is 2.12. The predicted molar refractivity (Wildman–Crippen MR) is 90.2 cm³/mol. The molecule has 0 radical (unpaired) electrons. The van der Waals surface area contributed by atoms with Gasteiger partial charge in [-0.05, 0) is 28.7 Å². The average molecular weight is 328 g/mol. The van der Waals surface area contributed by atoms with Crippen molar-refractivity contribution >= 4 is 17.5 Å². The van der Waals surface area contributed by atoms with Crippen molar-refractivity contribution in [3.63, 3.8) is 0 Å². The molecule has 1 aromatic heterocycles. The van der Waals surface area contributed by atoms with Gasteiger partial charge in [0.25, 0.3) is 5.91 Å². The summed E-state index contributed by atoms with van der Waals surface area (Å²) in [6.45, 7) is 6.36. The van der Waals surface area contributed by atoms with E-state index in [2.05, 4.69) is 37.1 Å². The lowest BCUT2D eigenvalue weighted by molar-refractivity contribution is 0.0940. The number of hydrogen-bond donors (Lipinski definition) is 1. The topological polar surface area (TPSA) is 65.8 Å². The third-order valence-electron chi connectivity index (χ3n) is 3.46. The zero-order valence-corrected chi connectivity index (χ0v) is 14.1. The molecule has 5 heteroatoms. The third-order valence-corrected chi connectivity index (χ3v) is 3.67. The van der Waals surface area contributed by atoms with E-state index < -0.39 is 11.9 Å². The number of benzene rings is 1. The number of aromatic nitrogens is 1. The summed E-state index contributed by atoms with van der Waals surface area (Å²) in [5.74, 6) is -0.432. The second kappa shape index (κ2) is 6.80. The van der Waals surface area contributed by atoms with Gasteiger partial charge in [0.05, 0.1) is 6.07 Å². The first kappa shape index (κ1) is 17.0. The van der Waals surface area contributed by atoms with Crippen LogP contribution in [0.1, 0.15) is 48.4 Å². The summed E-state index contributed by atoms with van der Waals surface area (Å²) in [6, 6.07) is 13.8. The van der Waals surface area contributed by atoms with Crippen LogP contribution >= 0.6 is 11.6 Å². The summed E-state index contributed by atoms with van der Waals surface area (Å²) in [7, 11) is 0. The van der Waals surface area contributed by atoms with Gasteiger partial charge in [-0.2, -0.15) is 5.26 Å². The lowest BCUT2D eigenvalue weighted by Gasteiger charge is -2.20. The van der Waals surface area contributed by atoms with Crippen LogP contribution in [0.4, 0.5) is 0 Å². The summed E-state index contributed by atoms with van der Waals surface area (Å²) >= 11 is 5.78. The van der Waals surface area contributed by atoms with Gasteiger partial charge in [-0.15, -0.1) is 0 Å². The van der Waals surface area contributed by atoms with Crippen LogP contribution in [0.3, 0.4) is 0 Å². The fourth-order valence-corrected chi connectivity index (χ4v) is 2.27. The number of carbonyl (C=O) groups is 1. The number of nitriles is 1. The van der Waals surface area contributed by atoms with E-state index in [0.29, 0.717) is 0 Å². The van der Waals surface area contributed by atoms with Gasteiger partial charge in [0.15, 0.2) is 0 Å². The molecular weight excluding hydrogens is 310 g/mol. The van der Waals surface area contributed by atoms with E-state index in [1.165, 1.54) is 5.56 Å². The molecule has 0 aliphatic heterocycles. The lowest BCUT2D eigenvalue weighted by Crippen LogP contribution is -2.28. The Kier molecular flexibility index (Phi) is 5.02. The Labute approximate surface area is 141 Å². The van der Waals surface area contributed by atoms with E-state index in [4.69, 9.17) is 11.6 Å². The minimum Gasteiger partial charge on any atom is -0.331 e. The van der Waals surface area contributed by atoms with Crippen LogP contribution in [-0.4, -0.2) is 10.9 Å². The number of carbonyl (C=O) groups excluding carboxylic acids is 1. The number of rotatable bonds is 3. The highest BCUT2D eigenvalue weighted by atomic mass is 35.5. The van der Waals surface area contributed by atoms with Gasteiger partial charge in [-0.1, -0.05) is 62.7 Å². The smallest absolute Gasteiger partial charge is 0.271 e. The molecule has 1 amide bonds. The normalized spacial score (nSPS) is 12.3. The molecular formula is C18H18ClN3O. The van der Waals surface area contributed by atoms with Crippen LogP contribution < -0.4 is 5.32 Å². The molecule has 0 bridgehead atoms. The monoisotopic (exact) mass is 327 g/mol. The highest BCUT2D eigenvalue weighted by Gasteiger charge is 2.18.